The zero-order valence-electron chi connectivity index (χ0n) is 18.4. The van der Waals surface area contributed by atoms with E-state index < -0.39 is 0 Å². The largest absolute Gasteiger partial charge is 0.496 e. The molecule has 0 fully saturated rings. The third-order valence-corrected chi connectivity index (χ3v) is 5.63. The molecule has 1 aromatic heterocycles. The van der Waals surface area contributed by atoms with Crippen molar-refractivity contribution in [2.75, 3.05) is 7.11 Å². The van der Waals surface area contributed by atoms with Crippen molar-refractivity contribution in [3.05, 3.63) is 113 Å². The number of carbonyl (C=O) groups is 1. The van der Waals surface area contributed by atoms with Crippen molar-refractivity contribution in [3.8, 4) is 17.2 Å². The van der Waals surface area contributed by atoms with Gasteiger partial charge < -0.3 is 14.0 Å². The number of imidazole rings is 1. The molecular formula is C27H23ClN2O3. The summed E-state index contributed by atoms with van der Waals surface area (Å²) in [7, 11) is 1.62. The van der Waals surface area contributed by atoms with Gasteiger partial charge in [-0.3, -0.25) is 4.79 Å². The highest BCUT2D eigenvalue weighted by Crippen LogP contribution is 2.25. The molecule has 3 aromatic carbocycles. The highest BCUT2D eigenvalue weighted by atomic mass is 35.5. The number of hydrogen-bond acceptors (Lipinski definition) is 4. The first-order chi connectivity index (χ1) is 16.0. The molecule has 4 rings (SSSR count). The Labute approximate surface area is 197 Å². The summed E-state index contributed by atoms with van der Waals surface area (Å²) < 4.78 is 13.3. The van der Waals surface area contributed by atoms with Gasteiger partial charge in [0.25, 0.3) is 0 Å². The highest BCUT2D eigenvalue weighted by molar-refractivity contribution is 6.31. The second kappa shape index (κ2) is 10.2. The molecule has 5 nitrogen and oxygen atoms in total. The third-order valence-electron chi connectivity index (χ3n) is 5.21. The monoisotopic (exact) mass is 458 g/mol. The van der Waals surface area contributed by atoms with Crippen LogP contribution >= 0.6 is 11.6 Å². The van der Waals surface area contributed by atoms with E-state index >= 15 is 0 Å². The van der Waals surface area contributed by atoms with E-state index in [2.05, 4.69) is 4.98 Å². The molecule has 0 bridgehead atoms. The molecule has 0 saturated heterocycles. The minimum absolute atomic E-state index is 0.0718. The fourth-order valence-corrected chi connectivity index (χ4v) is 3.48. The molecule has 33 heavy (non-hydrogen) atoms. The number of methoxy groups -OCH3 is 1. The van der Waals surface area contributed by atoms with Gasteiger partial charge in [0, 0.05) is 34.2 Å². The van der Waals surface area contributed by atoms with E-state index in [-0.39, 0.29) is 5.78 Å². The number of ether oxygens (including phenoxy) is 2. The van der Waals surface area contributed by atoms with Gasteiger partial charge >= 0.3 is 0 Å². The van der Waals surface area contributed by atoms with E-state index in [9.17, 15) is 4.79 Å². The van der Waals surface area contributed by atoms with E-state index in [1.165, 1.54) is 0 Å². The Morgan fingerprint density at radius 2 is 1.91 bits per heavy atom. The summed E-state index contributed by atoms with van der Waals surface area (Å²) in [5.74, 6) is 1.38. The molecule has 0 unspecified atom stereocenters. The van der Waals surface area contributed by atoms with Crippen molar-refractivity contribution in [2.45, 2.75) is 13.5 Å². The molecule has 0 saturated carbocycles. The molecule has 0 aliphatic heterocycles. The minimum atomic E-state index is -0.0718. The summed E-state index contributed by atoms with van der Waals surface area (Å²) in [6, 6.07) is 18.7. The summed E-state index contributed by atoms with van der Waals surface area (Å²) >= 11 is 6.09. The molecule has 0 aliphatic carbocycles. The minimum Gasteiger partial charge on any atom is -0.496 e. The number of ketones is 1. The fourth-order valence-electron chi connectivity index (χ4n) is 3.36. The van der Waals surface area contributed by atoms with Crippen molar-refractivity contribution < 1.29 is 14.3 Å². The molecule has 6 heteroatoms. The Kier molecular flexibility index (Phi) is 6.91. The van der Waals surface area contributed by atoms with E-state index in [4.69, 9.17) is 21.1 Å². The second-order valence-electron chi connectivity index (χ2n) is 7.49. The van der Waals surface area contributed by atoms with Gasteiger partial charge in [-0.1, -0.05) is 23.7 Å². The van der Waals surface area contributed by atoms with Gasteiger partial charge in [-0.25, -0.2) is 4.98 Å². The van der Waals surface area contributed by atoms with Gasteiger partial charge in [-0.05, 0) is 78.7 Å². The molecule has 166 valence electrons. The maximum Gasteiger partial charge on any atom is 0.185 e. The summed E-state index contributed by atoms with van der Waals surface area (Å²) in [6.45, 7) is 2.26. The Hall–Kier alpha value is -3.83. The molecular weight excluding hydrogens is 436 g/mol. The van der Waals surface area contributed by atoms with Crippen LogP contribution in [0.5, 0.6) is 11.5 Å². The van der Waals surface area contributed by atoms with Crippen LogP contribution in [0, 0.1) is 6.92 Å². The van der Waals surface area contributed by atoms with Crippen LogP contribution < -0.4 is 9.47 Å². The number of hydrogen-bond donors (Lipinski definition) is 0. The van der Waals surface area contributed by atoms with Crippen molar-refractivity contribution >= 4 is 23.5 Å². The smallest absolute Gasteiger partial charge is 0.185 e. The van der Waals surface area contributed by atoms with E-state index in [0.29, 0.717) is 17.2 Å². The molecule has 0 N–H and O–H groups in total. The van der Waals surface area contributed by atoms with Gasteiger partial charge in [0.05, 0.1) is 13.4 Å². The van der Waals surface area contributed by atoms with Crippen LogP contribution in [0.25, 0.3) is 11.8 Å². The first-order valence-corrected chi connectivity index (χ1v) is 10.8. The quantitative estimate of drug-likeness (QED) is 0.229. The SMILES string of the molecule is COc1ccc(/C=C/C(=O)c2ccc(-n3ccnc3)cc2)cc1COc1ccc(Cl)c(C)c1. The summed E-state index contributed by atoms with van der Waals surface area (Å²) in [5.41, 5.74) is 4.28. The van der Waals surface area contributed by atoms with Crippen LogP contribution in [-0.2, 0) is 6.61 Å². The lowest BCUT2D eigenvalue weighted by Gasteiger charge is -2.12. The van der Waals surface area contributed by atoms with E-state index in [1.807, 2.05) is 78.4 Å². The maximum absolute atomic E-state index is 12.6. The average molecular weight is 459 g/mol. The number of halogens is 1. The Balaban J connectivity index is 1.46. The number of benzene rings is 3. The van der Waals surface area contributed by atoms with Crippen molar-refractivity contribution in [1.82, 2.24) is 9.55 Å². The van der Waals surface area contributed by atoms with Crippen molar-refractivity contribution in [1.29, 1.82) is 0 Å². The Bertz CT molecular complexity index is 1280. The van der Waals surface area contributed by atoms with Crippen LogP contribution in [-0.4, -0.2) is 22.4 Å². The average Bonchev–Trinajstić information content (AvgIpc) is 3.38. The summed E-state index contributed by atoms with van der Waals surface area (Å²) in [6.07, 6.45) is 8.65. The molecule has 0 spiro atoms. The number of nitrogens with zero attached hydrogens (tertiary/aromatic N) is 2. The van der Waals surface area contributed by atoms with Gasteiger partial charge in [0.2, 0.25) is 0 Å². The highest BCUT2D eigenvalue weighted by Gasteiger charge is 2.07. The predicted octanol–water partition coefficient (Wildman–Crippen LogP) is 6.32. The standard InChI is InChI=1S/C27H23ClN2O3/c1-19-15-24(9-10-25(19)28)33-17-22-16-20(4-12-27(22)32-2)3-11-26(31)21-5-7-23(8-6-21)30-14-13-29-18-30/h3-16,18H,17H2,1-2H3/b11-3+. The van der Waals surface area contributed by atoms with Crippen molar-refractivity contribution in [3.63, 3.8) is 0 Å². The van der Waals surface area contributed by atoms with Gasteiger partial charge in [0.1, 0.15) is 18.1 Å². The van der Waals surface area contributed by atoms with Gasteiger partial charge in [-0.15, -0.1) is 0 Å². The zero-order chi connectivity index (χ0) is 23.2. The first kappa shape index (κ1) is 22.4. The molecule has 0 amide bonds. The van der Waals surface area contributed by atoms with Crippen LogP contribution in [0.15, 0.2) is 85.5 Å². The first-order valence-electron chi connectivity index (χ1n) is 10.4. The number of aromatic nitrogens is 2. The lowest BCUT2D eigenvalue weighted by molar-refractivity contribution is 0.104. The van der Waals surface area contributed by atoms with Crippen LogP contribution in [0.1, 0.15) is 27.0 Å². The van der Waals surface area contributed by atoms with E-state index in [0.717, 1.165) is 33.9 Å². The van der Waals surface area contributed by atoms with Crippen LogP contribution in [0.2, 0.25) is 5.02 Å². The summed E-state index contributed by atoms with van der Waals surface area (Å²) in [5, 5.41) is 0.702. The van der Waals surface area contributed by atoms with Crippen LogP contribution in [0.4, 0.5) is 0 Å². The Morgan fingerprint density at radius 3 is 2.61 bits per heavy atom. The predicted molar refractivity (Wildman–Crippen MR) is 130 cm³/mol. The molecule has 0 atom stereocenters. The lowest BCUT2D eigenvalue weighted by Crippen LogP contribution is -2.00. The van der Waals surface area contributed by atoms with Gasteiger partial charge in [0.15, 0.2) is 5.78 Å². The molecule has 1 heterocycles. The van der Waals surface area contributed by atoms with Gasteiger partial charge in [-0.2, -0.15) is 0 Å². The number of rotatable bonds is 8. The number of aryl methyl sites for hydroxylation is 1. The maximum atomic E-state index is 12.6. The molecule has 4 aromatic rings. The second-order valence-corrected chi connectivity index (χ2v) is 7.89. The Morgan fingerprint density at radius 1 is 1.09 bits per heavy atom. The van der Waals surface area contributed by atoms with Crippen LogP contribution in [0.3, 0.4) is 0 Å². The third kappa shape index (κ3) is 5.51. The topological polar surface area (TPSA) is 53.4 Å². The van der Waals surface area contributed by atoms with E-state index in [1.54, 1.807) is 31.8 Å². The fraction of sp³-hybridized carbons (Fsp3) is 0.111. The normalized spacial score (nSPS) is 11.0. The number of allylic oxidation sites excluding steroid dienone is 1. The molecule has 0 aliphatic rings. The number of carbonyl (C=O) groups excluding carboxylic acids is 1. The summed E-state index contributed by atoms with van der Waals surface area (Å²) in [4.78, 5) is 16.7. The lowest BCUT2D eigenvalue weighted by atomic mass is 10.1. The molecule has 0 radical (unpaired) electrons. The zero-order valence-corrected chi connectivity index (χ0v) is 19.1. The van der Waals surface area contributed by atoms with Crippen molar-refractivity contribution in [2.24, 2.45) is 0 Å².